The first-order chi connectivity index (χ1) is 9.70. The van der Waals surface area contributed by atoms with Gasteiger partial charge in [0.15, 0.2) is 11.5 Å². The third-order valence-corrected chi connectivity index (χ3v) is 2.90. The van der Waals surface area contributed by atoms with Crippen LogP contribution in [0.15, 0.2) is 34.9 Å². The number of ether oxygens (including phenoxy) is 1. The summed E-state index contributed by atoms with van der Waals surface area (Å²) in [5, 5.41) is 7.10. The average molecular weight is 295 g/mol. The summed E-state index contributed by atoms with van der Waals surface area (Å²) in [7, 11) is 1.62. The summed E-state index contributed by atoms with van der Waals surface area (Å²) in [6.45, 7) is 1.14. The van der Waals surface area contributed by atoms with Gasteiger partial charge in [0, 0.05) is 36.9 Å². The van der Waals surface area contributed by atoms with E-state index in [9.17, 15) is 4.79 Å². The zero-order chi connectivity index (χ0) is 14.4. The van der Waals surface area contributed by atoms with E-state index in [0.717, 1.165) is 12.0 Å². The number of carbonyl (C=O) groups is 1. The number of rotatable bonds is 6. The van der Waals surface area contributed by atoms with Crippen molar-refractivity contribution in [2.45, 2.75) is 6.42 Å². The molecule has 1 aromatic heterocycles. The number of methoxy groups -OCH3 is 1. The molecule has 1 aromatic carbocycles. The third-order valence-electron chi connectivity index (χ3n) is 2.66. The van der Waals surface area contributed by atoms with Crippen molar-refractivity contribution < 1.29 is 14.1 Å². The van der Waals surface area contributed by atoms with Crippen molar-refractivity contribution in [2.24, 2.45) is 0 Å². The van der Waals surface area contributed by atoms with Crippen LogP contribution in [0.4, 0.5) is 0 Å². The fourth-order valence-electron chi connectivity index (χ4n) is 1.67. The van der Waals surface area contributed by atoms with Gasteiger partial charge in [-0.25, -0.2) is 0 Å². The molecule has 6 heteroatoms. The van der Waals surface area contributed by atoms with Crippen molar-refractivity contribution in [3.8, 4) is 11.3 Å². The van der Waals surface area contributed by atoms with Gasteiger partial charge in [-0.1, -0.05) is 28.9 Å². The minimum atomic E-state index is -0.266. The van der Waals surface area contributed by atoms with Crippen molar-refractivity contribution >= 4 is 17.5 Å². The molecule has 2 rings (SSSR count). The monoisotopic (exact) mass is 294 g/mol. The first kappa shape index (κ1) is 14.6. The predicted molar refractivity (Wildman–Crippen MR) is 75.8 cm³/mol. The van der Waals surface area contributed by atoms with Crippen LogP contribution in [0.1, 0.15) is 16.9 Å². The van der Waals surface area contributed by atoms with Gasteiger partial charge in [-0.2, -0.15) is 0 Å². The topological polar surface area (TPSA) is 64.4 Å². The van der Waals surface area contributed by atoms with Gasteiger partial charge in [-0.15, -0.1) is 0 Å². The van der Waals surface area contributed by atoms with Crippen LogP contribution in [-0.4, -0.2) is 31.3 Å². The quantitative estimate of drug-likeness (QED) is 0.832. The molecule has 0 radical (unpaired) electrons. The molecule has 5 nitrogen and oxygen atoms in total. The largest absolute Gasteiger partial charge is 0.385 e. The molecule has 0 aliphatic carbocycles. The van der Waals surface area contributed by atoms with E-state index in [-0.39, 0.29) is 11.6 Å². The molecule has 0 spiro atoms. The second-order valence-corrected chi connectivity index (χ2v) is 4.63. The Hall–Kier alpha value is -1.85. The number of hydrogen-bond acceptors (Lipinski definition) is 4. The van der Waals surface area contributed by atoms with Crippen LogP contribution in [0.2, 0.25) is 5.02 Å². The number of halogens is 1. The Labute approximate surface area is 121 Å². The summed E-state index contributed by atoms with van der Waals surface area (Å²) >= 11 is 5.91. The van der Waals surface area contributed by atoms with Gasteiger partial charge in [-0.3, -0.25) is 4.79 Å². The lowest BCUT2D eigenvalue weighted by atomic mass is 10.1. The second kappa shape index (κ2) is 7.07. The van der Waals surface area contributed by atoms with Crippen LogP contribution in [0.3, 0.4) is 0 Å². The zero-order valence-corrected chi connectivity index (χ0v) is 11.8. The number of nitrogens with zero attached hydrogens (tertiary/aromatic N) is 1. The smallest absolute Gasteiger partial charge is 0.273 e. The van der Waals surface area contributed by atoms with E-state index in [1.54, 1.807) is 25.3 Å². The lowest BCUT2D eigenvalue weighted by Gasteiger charge is -2.01. The maximum absolute atomic E-state index is 11.8. The molecule has 1 N–H and O–H groups in total. The standard InChI is InChI=1S/C14H15ClN2O3/c1-19-7-3-6-16-14(18)12-9-13(20-17-12)10-4-2-5-11(15)8-10/h2,4-5,8-9H,3,6-7H2,1H3,(H,16,18). The van der Waals surface area contributed by atoms with E-state index in [0.29, 0.717) is 23.9 Å². The molecule has 0 bridgehead atoms. The molecular formula is C14H15ClN2O3. The zero-order valence-electron chi connectivity index (χ0n) is 11.1. The van der Waals surface area contributed by atoms with Gasteiger partial charge in [-0.05, 0) is 18.6 Å². The minimum Gasteiger partial charge on any atom is -0.385 e. The highest BCUT2D eigenvalue weighted by atomic mass is 35.5. The van der Waals surface area contributed by atoms with Crippen LogP contribution in [-0.2, 0) is 4.74 Å². The molecule has 1 amide bonds. The van der Waals surface area contributed by atoms with Crippen LogP contribution in [0.5, 0.6) is 0 Å². The van der Waals surface area contributed by atoms with Gasteiger partial charge < -0.3 is 14.6 Å². The summed E-state index contributed by atoms with van der Waals surface area (Å²) in [6.07, 6.45) is 0.751. The van der Waals surface area contributed by atoms with Gasteiger partial charge in [0.1, 0.15) is 0 Å². The third kappa shape index (κ3) is 3.82. The van der Waals surface area contributed by atoms with Crippen molar-refractivity contribution in [1.29, 1.82) is 0 Å². The predicted octanol–water partition coefficient (Wildman–Crippen LogP) is 2.76. The van der Waals surface area contributed by atoms with Crippen molar-refractivity contribution in [2.75, 3.05) is 20.3 Å². The molecule has 0 aliphatic heterocycles. The highest BCUT2D eigenvalue weighted by Gasteiger charge is 2.13. The summed E-state index contributed by atoms with van der Waals surface area (Å²) in [4.78, 5) is 11.8. The van der Waals surface area contributed by atoms with E-state index in [1.807, 2.05) is 12.1 Å². The van der Waals surface area contributed by atoms with E-state index >= 15 is 0 Å². The highest BCUT2D eigenvalue weighted by molar-refractivity contribution is 6.30. The van der Waals surface area contributed by atoms with Crippen LogP contribution >= 0.6 is 11.6 Å². The lowest BCUT2D eigenvalue weighted by Crippen LogP contribution is -2.25. The van der Waals surface area contributed by atoms with Crippen molar-refractivity contribution in [3.63, 3.8) is 0 Å². The van der Waals surface area contributed by atoms with Gasteiger partial charge >= 0.3 is 0 Å². The highest BCUT2D eigenvalue weighted by Crippen LogP contribution is 2.23. The number of carbonyl (C=O) groups excluding carboxylic acids is 1. The van der Waals surface area contributed by atoms with E-state index < -0.39 is 0 Å². The number of amides is 1. The molecule has 106 valence electrons. The fourth-order valence-corrected chi connectivity index (χ4v) is 1.86. The number of aromatic nitrogens is 1. The Morgan fingerprint density at radius 2 is 2.30 bits per heavy atom. The molecular weight excluding hydrogens is 280 g/mol. The molecule has 0 fully saturated rings. The first-order valence-electron chi connectivity index (χ1n) is 6.20. The SMILES string of the molecule is COCCCNC(=O)c1cc(-c2cccc(Cl)c2)on1. The van der Waals surface area contributed by atoms with E-state index in [2.05, 4.69) is 10.5 Å². The lowest BCUT2D eigenvalue weighted by molar-refractivity contribution is 0.0939. The molecule has 0 unspecified atom stereocenters. The van der Waals surface area contributed by atoms with Crippen molar-refractivity contribution in [1.82, 2.24) is 10.5 Å². The number of benzene rings is 1. The number of hydrogen-bond donors (Lipinski definition) is 1. The molecule has 0 atom stereocenters. The fraction of sp³-hybridized carbons (Fsp3) is 0.286. The van der Waals surface area contributed by atoms with Crippen LogP contribution in [0.25, 0.3) is 11.3 Å². The van der Waals surface area contributed by atoms with Crippen LogP contribution < -0.4 is 5.32 Å². The van der Waals surface area contributed by atoms with Crippen molar-refractivity contribution in [3.05, 3.63) is 41.0 Å². The van der Waals surface area contributed by atoms with E-state index in [1.165, 1.54) is 0 Å². The Bertz CT molecular complexity index is 583. The Kier molecular flexibility index (Phi) is 5.15. The minimum absolute atomic E-state index is 0.248. The molecule has 0 aliphatic rings. The second-order valence-electron chi connectivity index (χ2n) is 4.19. The summed E-state index contributed by atoms with van der Waals surface area (Å²) in [6, 6.07) is 8.77. The normalized spacial score (nSPS) is 10.5. The van der Waals surface area contributed by atoms with Gasteiger partial charge in [0.2, 0.25) is 0 Å². The molecule has 20 heavy (non-hydrogen) atoms. The maximum atomic E-state index is 11.8. The summed E-state index contributed by atoms with van der Waals surface area (Å²) < 4.78 is 10.1. The number of nitrogens with one attached hydrogen (secondary N) is 1. The summed E-state index contributed by atoms with van der Waals surface area (Å²) in [5.74, 6) is 0.243. The van der Waals surface area contributed by atoms with Crippen LogP contribution in [0, 0.1) is 0 Å². The first-order valence-corrected chi connectivity index (χ1v) is 6.58. The Morgan fingerprint density at radius 1 is 1.45 bits per heavy atom. The Morgan fingerprint density at radius 3 is 3.05 bits per heavy atom. The maximum Gasteiger partial charge on any atom is 0.273 e. The van der Waals surface area contributed by atoms with E-state index in [4.69, 9.17) is 20.9 Å². The average Bonchev–Trinajstić information content (AvgIpc) is 2.93. The van der Waals surface area contributed by atoms with Gasteiger partial charge in [0.25, 0.3) is 5.91 Å². The molecule has 2 aromatic rings. The Balaban J connectivity index is 2.00. The molecule has 0 saturated carbocycles. The summed E-state index contributed by atoms with van der Waals surface area (Å²) in [5.41, 5.74) is 1.03. The molecule has 0 saturated heterocycles. The molecule has 1 heterocycles. The van der Waals surface area contributed by atoms with Gasteiger partial charge in [0.05, 0.1) is 0 Å².